The van der Waals surface area contributed by atoms with Crippen LogP contribution in [0.25, 0.3) is 10.2 Å². The lowest BCUT2D eigenvalue weighted by molar-refractivity contribution is -0.134. The Kier molecular flexibility index (Phi) is 3.33. The van der Waals surface area contributed by atoms with Gasteiger partial charge in [-0.2, -0.15) is 0 Å². The van der Waals surface area contributed by atoms with Crippen LogP contribution in [-0.4, -0.2) is 27.6 Å². The second-order valence-electron chi connectivity index (χ2n) is 5.40. The van der Waals surface area contributed by atoms with Gasteiger partial charge in [0.1, 0.15) is 23.0 Å². The molecule has 0 saturated carbocycles. The minimum Gasteiger partial charge on any atom is -0.480 e. The zero-order valence-corrected chi connectivity index (χ0v) is 12.4. The molecule has 0 fully saturated rings. The van der Waals surface area contributed by atoms with E-state index in [-0.39, 0.29) is 6.54 Å². The van der Waals surface area contributed by atoms with Gasteiger partial charge in [0.15, 0.2) is 0 Å². The Morgan fingerprint density at radius 1 is 1.50 bits per heavy atom. The van der Waals surface area contributed by atoms with Gasteiger partial charge in [0.2, 0.25) is 0 Å². The largest absolute Gasteiger partial charge is 0.480 e. The van der Waals surface area contributed by atoms with E-state index in [0.717, 1.165) is 23.1 Å². The van der Waals surface area contributed by atoms with Crippen LogP contribution in [0.1, 0.15) is 29.6 Å². The molecule has 0 aromatic carbocycles. The topological polar surface area (TPSA) is 75.1 Å². The maximum Gasteiger partial charge on any atom is 0.322 e. The van der Waals surface area contributed by atoms with Gasteiger partial charge in [-0.15, -0.1) is 11.3 Å². The SMILES string of the molecule is Cc1nc(NCC(=O)O)c2c3c(sc2n1)C[C@H](C)CC3. The number of aromatic nitrogens is 2. The van der Waals surface area contributed by atoms with Crippen molar-refractivity contribution in [3.63, 3.8) is 0 Å². The Morgan fingerprint density at radius 2 is 2.30 bits per heavy atom. The summed E-state index contributed by atoms with van der Waals surface area (Å²) in [5, 5.41) is 12.8. The molecule has 0 unspecified atom stereocenters. The van der Waals surface area contributed by atoms with Crippen molar-refractivity contribution < 1.29 is 9.90 Å². The van der Waals surface area contributed by atoms with Crippen LogP contribution in [0.3, 0.4) is 0 Å². The highest BCUT2D eigenvalue weighted by atomic mass is 32.1. The molecular weight excluding hydrogens is 274 g/mol. The molecule has 0 saturated heterocycles. The summed E-state index contributed by atoms with van der Waals surface area (Å²) >= 11 is 1.73. The number of aliphatic carboxylic acids is 1. The molecule has 2 aromatic rings. The lowest BCUT2D eigenvalue weighted by Crippen LogP contribution is -2.15. The number of hydrogen-bond donors (Lipinski definition) is 2. The van der Waals surface area contributed by atoms with Gasteiger partial charge >= 0.3 is 5.97 Å². The van der Waals surface area contributed by atoms with E-state index in [4.69, 9.17) is 5.11 Å². The van der Waals surface area contributed by atoms with Gasteiger partial charge in [-0.05, 0) is 37.7 Å². The Labute approximate surface area is 121 Å². The Bertz CT molecular complexity index is 681. The standard InChI is InChI=1S/C14H17N3O2S/c1-7-3-4-9-10(5-7)20-14-12(9)13(15-6-11(18)19)16-8(2)17-14/h7H,3-6H2,1-2H3,(H,18,19)(H,15,16,17)/t7-/m1/s1. The number of hydrogen-bond acceptors (Lipinski definition) is 5. The predicted octanol–water partition coefficient (Wildman–Crippen LogP) is 2.62. The molecule has 6 heteroatoms. The molecule has 1 aliphatic rings. The summed E-state index contributed by atoms with van der Waals surface area (Å²) in [4.78, 5) is 22.0. The van der Waals surface area contributed by atoms with Gasteiger partial charge < -0.3 is 10.4 Å². The van der Waals surface area contributed by atoms with Gasteiger partial charge in [0, 0.05) is 4.88 Å². The zero-order valence-electron chi connectivity index (χ0n) is 11.6. The van der Waals surface area contributed by atoms with Crippen molar-refractivity contribution in [2.24, 2.45) is 5.92 Å². The summed E-state index contributed by atoms with van der Waals surface area (Å²) in [6, 6.07) is 0. The average Bonchev–Trinajstić information content (AvgIpc) is 2.72. The lowest BCUT2D eigenvalue weighted by Gasteiger charge is -2.18. The van der Waals surface area contributed by atoms with Gasteiger partial charge in [0.25, 0.3) is 0 Å². The fourth-order valence-corrected chi connectivity index (χ4v) is 4.16. The molecule has 0 aliphatic heterocycles. The molecule has 20 heavy (non-hydrogen) atoms. The van der Waals surface area contributed by atoms with Crippen LogP contribution < -0.4 is 5.32 Å². The van der Waals surface area contributed by atoms with E-state index in [1.165, 1.54) is 16.9 Å². The summed E-state index contributed by atoms with van der Waals surface area (Å²) in [5.74, 6) is 1.17. The molecule has 5 nitrogen and oxygen atoms in total. The molecule has 0 amide bonds. The molecular formula is C14H17N3O2S. The summed E-state index contributed by atoms with van der Waals surface area (Å²) < 4.78 is 0. The third-order valence-electron chi connectivity index (χ3n) is 3.67. The smallest absolute Gasteiger partial charge is 0.322 e. The van der Waals surface area contributed by atoms with Crippen LogP contribution in [-0.2, 0) is 17.6 Å². The van der Waals surface area contributed by atoms with E-state index in [2.05, 4.69) is 22.2 Å². The molecule has 106 valence electrons. The minimum atomic E-state index is -0.882. The summed E-state index contributed by atoms with van der Waals surface area (Å²) in [5.41, 5.74) is 1.32. The summed E-state index contributed by atoms with van der Waals surface area (Å²) in [7, 11) is 0. The van der Waals surface area contributed by atoms with Gasteiger partial charge in [-0.3, -0.25) is 4.79 Å². The van der Waals surface area contributed by atoms with E-state index >= 15 is 0 Å². The predicted molar refractivity (Wildman–Crippen MR) is 79.5 cm³/mol. The normalized spacial score (nSPS) is 18.0. The summed E-state index contributed by atoms with van der Waals surface area (Å²) in [6.45, 7) is 3.99. The van der Waals surface area contributed by atoms with Crippen molar-refractivity contribution in [3.8, 4) is 0 Å². The van der Waals surface area contributed by atoms with Crippen molar-refractivity contribution in [2.75, 3.05) is 11.9 Å². The number of fused-ring (bicyclic) bond motifs is 3. The first-order chi connectivity index (χ1) is 9.54. The van der Waals surface area contributed by atoms with Crippen molar-refractivity contribution in [2.45, 2.75) is 33.1 Å². The molecule has 0 radical (unpaired) electrons. The van der Waals surface area contributed by atoms with Crippen molar-refractivity contribution in [1.82, 2.24) is 9.97 Å². The fourth-order valence-electron chi connectivity index (χ4n) is 2.74. The van der Waals surface area contributed by atoms with Gasteiger partial charge in [-0.1, -0.05) is 6.92 Å². The van der Waals surface area contributed by atoms with Crippen molar-refractivity contribution >= 4 is 33.3 Å². The molecule has 0 bridgehead atoms. The molecule has 3 rings (SSSR count). The number of carbonyl (C=O) groups is 1. The first kappa shape index (κ1) is 13.3. The number of anilines is 1. The highest BCUT2D eigenvalue weighted by molar-refractivity contribution is 7.19. The quantitative estimate of drug-likeness (QED) is 0.909. The third-order valence-corrected chi connectivity index (χ3v) is 4.82. The van der Waals surface area contributed by atoms with Crippen LogP contribution >= 0.6 is 11.3 Å². The number of carboxylic acids is 1. The van der Waals surface area contributed by atoms with Crippen molar-refractivity contribution in [3.05, 3.63) is 16.3 Å². The third kappa shape index (κ3) is 2.35. The number of carboxylic acid groups (broad SMARTS) is 1. The molecule has 2 heterocycles. The second kappa shape index (κ2) is 5.01. The molecule has 2 aromatic heterocycles. The Balaban J connectivity index is 2.11. The first-order valence-corrected chi connectivity index (χ1v) is 7.60. The van der Waals surface area contributed by atoms with Crippen molar-refractivity contribution in [1.29, 1.82) is 0 Å². The molecule has 0 spiro atoms. The van der Waals surface area contributed by atoms with Gasteiger partial charge in [0.05, 0.1) is 5.39 Å². The maximum atomic E-state index is 10.8. The number of thiophene rings is 1. The lowest BCUT2D eigenvalue weighted by atomic mass is 9.89. The molecule has 1 atom stereocenters. The highest BCUT2D eigenvalue weighted by Crippen LogP contribution is 2.39. The van der Waals surface area contributed by atoms with Crippen LogP contribution in [0.4, 0.5) is 5.82 Å². The highest BCUT2D eigenvalue weighted by Gasteiger charge is 2.23. The summed E-state index contributed by atoms with van der Waals surface area (Å²) in [6.07, 6.45) is 3.30. The van der Waals surface area contributed by atoms with E-state index in [1.54, 1.807) is 11.3 Å². The Morgan fingerprint density at radius 3 is 3.05 bits per heavy atom. The number of nitrogens with one attached hydrogen (secondary N) is 1. The van der Waals surface area contributed by atoms with Crippen LogP contribution in [0.5, 0.6) is 0 Å². The fraction of sp³-hybridized carbons (Fsp3) is 0.500. The van der Waals surface area contributed by atoms with Gasteiger partial charge in [-0.25, -0.2) is 9.97 Å². The van der Waals surface area contributed by atoms with E-state index in [9.17, 15) is 4.79 Å². The first-order valence-electron chi connectivity index (χ1n) is 6.79. The van der Waals surface area contributed by atoms with E-state index in [0.29, 0.717) is 17.6 Å². The minimum absolute atomic E-state index is 0.118. The molecule has 1 aliphatic carbocycles. The number of aryl methyl sites for hydroxylation is 2. The Hall–Kier alpha value is -1.69. The maximum absolute atomic E-state index is 10.8. The molecule has 2 N–H and O–H groups in total. The number of nitrogens with zero attached hydrogens (tertiary/aromatic N) is 2. The van der Waals surface area contributed by atoms with E-state index in [1.807, 2.05) is 6.92 Å². The van der Waals surface area contributed by atoms with Crippen LogP contribution in [0.2, 0.25) is 0 Å². The van der Waals surface area contributed by atoms with E-state index < -0.39 is 5.97 Å². The van der Waals surface area contributed by atoms with Crippen LogP contribution in [0.15, 0.2) is 0 Å². The second-order valence-corrected chi connectivity index (χ2v) is 6.48. The monoisotopic (exact) mass is 291 g/mol. The zero-order chi connectivity index (χ0) is 14.3. The number of rotatable bonds is 3. The van der Waals surface area contributed by atoms with Crippen LogP contribution in [0, 0.1) is 12.8 Å². The average molecular weight is 291 g/mol.